The van der Waals surface area contributed by atoms with E-state index in [4.69, 9.17) is 4.74 Å². The molecular formula is C25H21F3N4O3. The first-order valence-electron chi connectivity index (χ1n) is 11.0. The Morgan fingerprint density at radius 3 is 2.80 bits per heavy atom. The summed E-state index contributed by atoms with van der Waals surface area (Å²) in [5, 5.41) is 6.04. The predicted molar refractivity (Wildman–Crippen MR) is 124 cm³/mol. The Kier molecular flexibility index (Phi) is 5.58. The first kappa shape index (κ1) is 22.7. The molecule has 1 atom stereocenters. The van der Waals surface area contributed by atoms with Crippen LogP contribution in [0.15, 0.2) is 54.6 Å². The minimum absolute atomic E-state index is 0.201. The van der Waals surface area contributed by atoms with Gasteiger partial charge in [-0.05, 0) is 49.7 Å². The molecule has 0 spiro atoms. The molecule has 7 nitrogen and oxygen atoms in total. The average molecular weight is 482 g/mol. The van der Waals surface area contributed by atoms with Gasteiger partial charge in [0.15, 0.2) is 5.82 Å². The predicted octanol–water partition coefficient (Wildman–Crippen LogP) is 5.68. The summed E-state index contributed by atoms with van der Waals surface area (Å²) < 4.78 is 44.7. The first-order chi connectivity index (χ1) is 16.7. The number of nitrogens with one attached hydrogen (secondary N) is 2. The minimum atomic E-state index is -4.48. The van der Waals surface area contributed by atoms with Crippen LogP contribution in [0.4, 0.5) is 35.2 Å². The molecule has 180 valence electrons. The molecule has 35 heavy (non-hydrogen) atoms. The van der Waals surface area contributed by atoms with Gasteiger partial charge in [-0.2, -0.15) is 13.2 Å². The number of carbonyl (C=O) groups is 2. The lowest BCUT2D eigenvalue weighted by molar-refractivity contribution is -0.137. The van der Waals surface area contributed by atoms with Crippen molar-refractivity contribution in [1.29, 1.82) is 0 Å². The van der Waals surface area contributed by atoms with Crippen LogP contribution < -0.4 is 15.5 Å². The van der Waals surface area contributed by atoms with E-state index in [1.807, 2.05) is 6.92 Å². The van der Waals surface area contributed by atoms with Crippen LogP contribution in [0.3, 0.4) is 0 Å². The SMILES string of the molecule is C[C@@H]1CCNc2ccc(-c3cccc(C(F)(F)F)c3)nc2N1C(=O)Nc1ccc2c(c1)C(=O)OC2. The molecule has 0 saturated carbocycles. The van der Waals surface area contributed by atoms with Crippen LogP contribution in [0.25, 0.3) is 11.3 Å². The van der Waals surface area contributed by atoms with E-state index in [0.717, 1.165) is 17.7 Å². The van der Waals surface area contributed by atoms with Crippen LogP contribution in [-0.2, 0) is 17.5 Å². The molecule has 2 aromatic carbocycles. The Bertz CT molecular complexity index is 1330. The van der Waals surface area contributed by atoms with Crippen molar-refractivity contribution in [3.8, 4) is 11.3 Å². The topological polar surface area (TPSA) is 83.6 Å². The van der Waals surface area contributed by atoms with Crippen LogP contribution in [0.1, 0.15) is 34.8 Å². The standard InChI is InChI=1S/C25H21F3N4O3/c1-14-9-10-29-21-8-7-20(15-3-2-4-17(11-15)25(26,27)28)31-22(21)32(14)24(34)30-18-6-5-16-13-35-23(33)19(16)12-18/h2-8,11-12,14,29H,9-10,13H2,1H3,(H,30,34)/t14-/m1/s1. The van der Waals surface area contributed by atoms with Crippen LogP contribution in [0.5, 0.6) is 0 Å². The van der Waals surface area contributed by atoms with E-state index in [0.29, 0.717) is 41.4 Å². The summed E-state index contributed by atoms with van der Waals surface area (Å²) >= 11 is 0. The second-order valence-corrected chi connectivity index (χ2v) is 8.46. The molecule has 2 aliphatic rings. The maximum atomic E-state index is 13.4. The van der Waals surface area contributed by atoms with Crippen molar-refractivity contribution < 1.29 is 27.5 Å². The molecule has 0 aliphatic carbocycles. The molecular weight excluding hydrogens is 461 g/mol. The van der Waals surface area contributed by atoms with Crippen LogP contribution >= 0.6 is 0 Å². The van der Waals surface area contributed by atoms with Gasteiger partial charge in [0.25, 0.3) is 0 Å². The van der Waals surface area contributed by atoms with Crippen molar-refractivity contribution in [1.82, 2.24) is 4.98 Å². The van der Waals surface area contributed by atoms with Crippen molar-refractivity contribution in [2.45, 2.75) is 32.2 Å². The zero-order valence-electron chi connectivity index (χ0n) is 18.6. The number of carbonyl (C=O) groups excluding carboxylic acids is 2. The van der Waals surface area contributed by atoms with Gasteiger partial charge in [-0.25, -0.2) is 14.6 Å². The van der Waals surface area contributed by atoms with Gasteiger partial charge in [-0.15, -0.1) is 0 Å². The van der Waals surface area contributed by atoms with E-state index >= 15 is 0 Å². The largest absolute Gasteiger partial charge is 0.457 e. The molecule has 2 aliphatic heterocycles. The number of halogens is 3. The number of aromatic nitrogens is 1. The number of alkyl halides is 3. The average Bonchev–Trinajstić information content (AvgIpc) is 3.10. The van der Waals surface area contributed by atoms with E-state index in [-0.39, 0.29) is 18.2 Å². The van der Waals surface area contributed by atoms with Gasteiger partial charge in [0.1, 0.15) is 6.61 Å². The van der Waals surface area contributed by atoms with E-state index in [9.17, 15) is 22.8 Å². The summed E-state index contributed by atoms with van der Waals surface area (Å²) in [4.78, 5) is 31.4. The Morgan fingerprint density at radius 1 is 1.17 bits per heavy atom. The molecule has 3 aromatic rings. The molecule has 3 heterocycles. The molecule has 1 aromatic heterocycles. The number of cyclic esters (lactones) is 1. The number of pyridine rings is 1. The zero-order valence-corrected chi connectivity index (χ0v) is 18.6. The number of anilines is 3. The summed E-state index contributed by atoms with van der Waals surface area (Å²) in [6.45, 7) is 2.66. The van der Waals surface area contributed by atoms with Gasteiger partial charge in [0.2, 0.25) is 0 Å². The summed E-state index contributed by atoms with van der Waals surface area (Å²) in [5.74, 6) is -0.135. The van der Waals surface area contributed by atoms with Crippen molar-refractivity contribution in [2.75, 3.05) is 22.1 Å². The zero-order chi connectivity index (χ0) is 24.7. The molecule has 2 N–H and O–H groups in total. The maximum absolute atomic E-state index is 13.4. The monoisotopic (exact) mass is 482 g/mol. The molecule has 5 rings (SSSR count). The Labute approximate surface area is 198 Å². The van der Waals surface area contributed by atoms with Gasteiger partial charge < -0.3 is 15.4 Å². The Hall–Kier alpha value is -4.08. The van der Waals surface area contributed by atoms with Gasteiger partial charge in [-0.3, -0.25) is 4.90 Å². The Morgan fingerprint density at radius 2 is 2.00 bits per heavy atom. The fourth-order valence-electron chi connectivity index (χ4n) is 4.21. The third-order valence-corrected chi connectivity index (χ3v) is 6.07. The number of urea groups is 1. The molecule has 0 fully saturated rings. The van der Waals surface area contributed by atoms with Crippen LogP contribution in [0, 0.1) is 0 Å². The van der Waals surface area contributed by atoms with Crippen molar-refractivity contribution >= 4 is 29.2 Å². The van der Waals surface area contributed by atoms with Gasteiger partial charge in [0, 0.05) is 29.4 Å². The van der Waals surface area contributed by atoms with Gasteiger partial charge >= 0.3 is 18.2 Å². The number of nitrogens with zero attached hydrogens (tertiary/aromatic N) is 2. The van der Waals surface area contributed by atoms with Crippen LogP contribution in [-0.4, -0.2) is 29.6 Å². The molecule has 0 radical (unpaired) electrons. The van der Waals surface area contributed by atoms with Crippen molar-refractivity contribution in [2.24, 2.45) is 0 Å². The third-order valence-electron chi connectivity index (χ3n) is 6.07. The number of esters is 1. The first-order valence-corrected chi connectivity index (χ1v) is 11.0. The quantitative estimate of drug-likeness (QED) is 0.459. The summed E-state index contributed by atoms with van der Waals surface area (Å²) in [5.41, 5.74) is 1.99. The molecule has 2 amide bonds. The van der Waals surface area contributed by atoms with Gasteiger partial charge in [0.05, 0.1) is 22.5 Å². The smallest absolute Gasteiger partial charge is 0.416 e. The lowest BCUT2D eigenvalue weighted by Gasteiger charge is -2.27. The highest BCUT2D eigenvalue weighted by atomic mass is 19.4. The molecule has 0 saturated heterocycles. The number of hydrogen-bond donors (Lipinski definition) is 2. The number of ether oxygens (including phenoxy) is 1. The second-order valence-electron chi connectivity index (χ2n) is 8.46. The van der Waals surface area contributed by atoms with Gasteiger partial charge in [-0.1, -0.05) is 18.2 Å². The normalized spacial score (nSPS) is 17.1. The Balaban J connectivity index is 1.49. The van der Waals surface area contributed by atoms with Crippen molar-refractivity contribution in [3.63, 3.8) is 0 Å². The highest BCUT2D eigenvalue weighted by Crippen LogP contribution is 2.35. The fourth-order valence-corrected chi connectivity index (χ4v) is 4.21. The lowest BCUT2D eigenvalue weighted by atomic mass is 10.1. The van der Waals surface area contributed by atoms with E-state index in [2.05, 4.69) is 15.6 Å². The highest BCUT2D eigenvalue weighted by Gasteiger charge is 2.32. The number of benzene rings is 2. The highest BCUT2D eigenvalue weighted by molar-refractivity contribution is 6.04. The summed E-state index contributed by atoms with van der Waals surface area (Å²) in [6, 6.07) is 12.5. The third kappa shape index (κ3) is 4.39. The molecule has 10 heteroatoms. The van der Waals surface area contributed by atoms with Crippen molar-refractivity contribution in [3.05, 3.63) is 71.3 Å². The summed E-state index contributed by atoms with van der Waals surface area (Å²) in [7, 11) is 0. The lowest BCUT2D eigenvalue weighted by Crippen LogP contribution is -2.42. The fraction of sp³-hybridized carbons (Fsp3) is 0.240. The number of hydrogen-bond acceptors (Lipinski definition) is 5. The van der Waals surface area contributed by atoms with E-state index in [1.54, 1.807) is 36.4 Å². The minimum Gasteiger partial charge on any atom is -0.457 e. The number of fused-ring (bicyclic) bond motifs is 2. The van der Waals surface area contributed by atoms with E-state index < -0.39 is 23.7 Å². The number of amides is 2. The van der Waals surface area contributed by atoms with E-state index in [1.165, 1.54) is 11.0 Å². The van der Waals surface area contributed by atoms with Crippen LogP contribution in [0.2, 0.25) is 0 Å². The number of rotatable bonds is 2. The molecule has 0 bridgehead atoms. The maximum Gasteiger partial charge on any atom is 0.416 e. The second kappa shape index (κ2) is 8.61. The molecule has 0 unspecified atom stereocenters. The summed E-state index contributed by atoms with van der Waals surface area (Å²) in [6.07, 6.45) is -3.86.